The second-order valence-corrected chi connectivity index (χ2v) is 10.6. The van der Waals surface area contributed by atoms with Crippen LogP contribution < -0.4 is 5.73 Å². The number of carboxylic acids is 1. The van der Waals surface area contributed by atoms with Crippen LogP contribution in [0.4, 0.5) is 5.69 Å². The molecule has 0 radical (unpaired) electrons. The Morgan fingerprint density at radius 2 is 1.40 bits per heavy atom. The van der Waals surface area contributed by atoms with Gasteiger partial charge in [0.1, 0.15) is 5.75 Å². The predicted molar refractivity (Wildman–Crippen MR) is 146 cm³/mol. The molecular formula is C31H37NO3. The molecule has 184 valence electrons. The molecule has 0 aromatic heterocycles. The SMILES string of the molecule is CC/C(=C\c1ccc(C(=O)O)cc1)c1ccc2c(c1)C(C)(C)CCC2(C)C.Nc1ccc(O)cc1. The monoisotopic (exact) mass is 471 g/mol. The van der Waals surface area contributed by atoms with Crippen molar-refractivity contribution in [1.82, 2.24) is 0 Å². The highest BCUT2D eigenvalue weighted by Gasteiger charge is 2.36. The van der Waals surface area contributed by atoms with E-state index in [0.717, 1.165) is 12.0 Å². The minimum atomic E-state index is -0.888. The summed E-state index contributed by atoms with van der Waals surface area (Å²) in [6.45, 7) is 11.6. The lowest BCUT2D eigenvalue weighted by atomic mass is 9.63. The number of rotatable bonds is 4. The third-order valence-corrected chi connectivity index (χ3v) is 7.00. The number of benzene rings is 3. The highest BCUT2D eigenvalue weighted by Crippen LogP contribution is 2.46. The zero-order valence-corrected chi connectivity index (χ0v) is 21.4. The fourth-order valence-corrected chi connectivity index (χ4v) is 4.58. The van der Waals surface area contributed by atoms with Crippen LogP contribution in [0.3, 0.4) is 0 Å². The molecule has 0 fully saturated rings. The summed E-state index contributed by atoms with van der Waals surface area (Å²) in [6, 6.07) is 20.5. The molecule has 4 N–H and O–H groups in total. The van der Waals surface area contributed by atoms with Crippen molar-refractivity contribution in [3.05, 3.63) is 94.5 Å². The molecule has 0 atom stereocenters. The van der Waals surface area contributed by atoms with Crippen molar-refractivity contribution in [1.29, 1.82) is 0 Å². The maximum absolute atomic E-state index is 11.0. The molecule has 0 unspecified atom stereocenters. The molecule has 0 bridgehead atoms. The first-order valence-corrected chi connectivity index (χ1v) is 12.2. The summed E-state index contributed by atoms with van der Waals surface area (Å²) in [7, 11) is 0. The van der Waals surface area contributed by atoms with Crippen LogP contribution in [0.1, 0.15) is 86.5 Å². The summed E-state index contributed by atoms with van der Waals surface area (Å²) in [4.78, 5) is 11.0. The number of phenols is 1. The third kappa shape index (κ3) is 6.33. The number of allylic oxidation sites excluding steroid dienone is 1. The summed E-state index contributed by atoms with van der Waals surface area (Å²) in [6.07, 6.45) is 5.54. The molecule has 0 amide bonds. The zero-order valence-electron chi connectivity index (χ0n) is 21.4. The molecule has 0 heterocycles. The first kappa shape index (κ1) is 26.1. The van der Waals surface area contributed by atoms with Gasteiger partial charge in [0, 0.05) is 5.69 Å². The van der Waals surface area contributed by atoms with E-state index in [1.807, 2.05) is 12.1 Å². The largest absolute Gasteiger partial charge is 0.508 e. The topological polar surface area (TPSA) is 83.5 Å². The number of nitrogens with two attached hydrogens (primary N) is 1. The van der Waals surface area contributed by atoms with Gasteiger partial charge in [-0.2, -0.15) is 0 Å². The van der Waals surface area contributed by atoms with Crippen LogP contribution in [0.25, 0.3) is 11.6 Å². The highest BCUT2D eigenvalue weighted by atomic mass is 16.4. The van der Waals surface area contributed by atoms with E-state index in [-0.39, 0.29) is 16.6 Å². The first-order valence-electron chi connectivity index (χ1n) is 12.2. The lowest BCUT2D eigenvalue weighted by molar-refractivity contribution is 0.0697. The predicted octanol–water partition coefficient (Wildman–Crippen LogP) is 7.66. The van der Waals surface area contributed by atoms with Gasteiger partial charge in [-0.1, -0.05) is 71.0 Å². The second-order valence-electron chi connectivity index (χ2n) is 10.6. The van der Waals surface area contributed by atoms with E-state index in [9.17, 15) is 4.79 Å². The Bertz CT molecular complexity index is 1180. The molecule has 1 aliphatic rings. The van der Waals surface area contributed by atoms with E-state index >= 15 is 0 Å². The first-order chi connectivity index (χ1) is 16.4. The second kappa shape index (κ2) is 10.4. The summed E-state index contributed by atoms with van der Waals surface area (Å²) in [5.41, 5.74) is 13.3. The number of aromatic hydroxyl groups is 1. The van der Waals surface area contributed by atoms with Gasteiger partial charge in [-0.3, -0.25) is 0 Å². The zero-order chi connectivity index (χ0) is 25.8. The summed E-state index contributed by atoms with van der Waals surface area (Å²) >= 11 is 0. The quantitative estimate of drug-likeness (QED) is 0.207. The van der Waals surface area contributed by atoms with Crippen molar-refractivity contribution in [2.75, 3.05) is 5.73 Å². The number of carboxylic acid groups (broad SMARTS) is 1. The third-order valence-electron chi connectivity index (χ3n) is 7.00. The van der Waals surface area contributed by atoms with Crippen molar-refractivity contribution < 1.29 is 15.0 Å². The van der Waals surface area contributed by atoms with Crippen molar-refractivity contribution >= 4 is 23.3 Å². The lowest BCUT2D eigenvalue weighted by Gasteiger charge is -2.42. The number of nitrogen functional groups attached to an aromatic ring is 1. The number of anilines is 1. The molecule has 0 saturated carbocycles. The Morgan fingerprint density at radius 3 is 1.91 bits per heavy atom. The van der Waals surface area contributed by atoms with E-state index in [2.05, 4.69) is 58.9 Å². The number of hydrogen-bond donors (Lipinski definition) is 3. The molecule has 3 aromatic carbocycles. The minimum absolute atomic E-state index is 0.197. The van der Waals surface area contributed by atoms with E-state index in [1.165, 1.54) is 35.1 Å². The molecule has 35 heavy (non-hydrogen) atoms. The molecule has 0 spiro atoms. The van der Waals surface area contributed by atoms with E-state index in [1.54, 1.807) is 36.4 Å². The van der Waals surface area contributed by atoms with Gasteiger partial charge in [-0.25, -0.2) is 4.79 Å². The van der Waals surface area contributed by atoms with E-state index in [4.69, 9.17) is 15.9 Å². The van der Waals surface area contributed by atoms with Crippen LogP contribution in [0.5, 0.6) is 5.75 Å². The van der Waals surface area contributed by atoms with Gasteiger partial charge in [-0.15, -0.1) is 0 Å². The fraction of sp³-hybridized carbons (Fsp3) is 0.323. The summed E-state index contributed by atoms with van der Waals surface area (Å²) in [5.74, 6) is -0.639. The van der Waals surface area contributed by atoms with Crippen molar-refractivity contribution in [2.24, 2.45) is 0 Å². The fourth-order valence-electron chi connectivity index (χ4n) is 4.58. The summed E-state index contributed by atoms with van der Waals surface area (Å²) in [5, 5.41) is 17.8. The average Bonchev–Trinajstić information content (AvgIpc) is 2.83. The molecule has 4 heteroatoms. The van der Waals surface area contributed by atoms with Gasteiger partial charge in [0.2, 0.25) is 0 Å². The smallest absolute Gasteiger partial charge is 0.335 e. The number of aromatic carboxylic acids is 1. The van der Waals surface area contributed by atoms with Crippen LogP contribution in [-0.2, 0) is 10.8 Å². The molecule has 3 aromatic rings. The highest BCUT2D eigenvalue weighted by molar-refractivity contribution is 5.88. The maximum Gasteiger partial charge on any atom is 0.335 e. The van der Waals surface area contributed by atoms with Gasteiger partial charge in [0.05, 0.1) is 5.56 Å². The number of fused-ring (bicyclic) bond motifs is 1. The molecule has 4 nitrogen and oxygen atoms in total. The molecule has 1 aliphatic carbocycles. The molecular weight excluding hydrogens is 434 g/mol. The Hall–Kier alpha value is -3.53. The number of carbonyl (C=O) groups is 1. The van der Waals surface area contributed by atoms with Crippen molar-refractivity contribution in [2.45, 2.75) is 64.7 Å². The average molecular weight is 472 g/mol. The van der Waals surface area contributed by atoms with Crippen LogP contribution >= 0.6 is 0 Å². The Labute approximate surface area is 209 Å². The van der Waals surface area contributed by atoms with E-state index < -0.39 is 5.97 Å². The van der Waals surface area contributed by atoms with Gasteiger partial charge in [0.15, 0.2) is 0 Å². The molecule has 0 aliphatic heterocycles. The van der Waals surface area contributed by atoms with Gasteiger partial charge in [-0.05, 0) is 94.3 Å². The van der Waals surface area contributed by atoms with Crippen LogP contribution in [0, 0.1) is 0 Å². The number of phenolic OH excluding ortho intramolecular Hbond substituents is 1. The standard InChI is InChI=1S/C25H30O2.C6H7NO/c1-6-18(15-17-7-9-19(10-8-17)23(26)27)20-11-12-21-22(16-20)25(4,5)14-13-24(21,2)3;7-5-1-3-6(8)4-2-5/h7-12,15-16H,6,13-14H2,1-5H3,(H,26,27);1-4,8H,7H2/b18-15+;. The normalized spacial score (nSPS) is 16.0. The van der Waals surface area contributed by atoms with Gasteiger partial charge < -0.3 is 15.9 Å². The summed E-state index contributed by atoms with van der Waals surface area (Å²) < 4.78 is 0. The van der Waals surface area contributed by atoms with Crippen molar-refractivity contribution in [3.63, 3.8) is 0 Å². The van der Waals surface area contributed by atoms with E-state index in [0.29, 0.717) is 11.3 Å². The Balaban J connectivity index is 0.000000363. The van der Waals surface area contributed by atoms with Crippen molar-refractivity contribution in [3.8, 4) is 5.75 Å². The Kier molecular flexibility index (Phi) is 7.74. The maximum atomic E-state index is 11.0. The minimum Gasteiger partial charge on any atom is -0.508 e. The molecule has 4 rings (SSSR count). The lowest BCUT2D eigenvalue weighted by Crippen LogP contribution is -2.33. The molecule has 0 saturated heterocycles. The van der Waals surface area contributed by atoms with Gasteiger partial charge in [0.25, 0.3) is 0 Å². The van der Waals surface area contributed by atoms with Crippen LogP contribution in [-0.4, -0.2) is 16.2 Å². The van der Waals surface area contributed by atoms with Crippen LogP contribution in [0.2, 0.25) is 0 Å². The van der Waals surface area contributed by atoms with Gasteiger partial charge >= 0.3 is 5.97 Å². The van der Waals surface area contributed by atoms with Crippen LogP contribution in [0.15, 0.2) is 66.7 Å². The number of hydrogen-bond acceptors (Lipinski definition) is 3. The Morgan fingerprint density at radius 1 is 0.857 bits per heavy atom.